The lowest BCUT2D eigenvalue weighted by Crippen LogP contribution is -2.43. The largest absolute Gasteiger partial charge is 0.417 e. The standard InChI is InChI=1S/C29H42F3N5O5S2/c1-28(39)6-9-34(10-7-28)13-16-43-26-17-21(3-4-24(26)29(30,31)32)27-23-20-36(44(2,40)41)8-5-25(23)37(33-27)19-22(38)18-35-11-14-42-15-12-35/h3-4,17,22,38-39H,5-16,18-20H2,1-2H3. The molecule has 3 aliphatic heterocycles. The Labute approximate surface area is 261 Å². The summed E-state index contributed by atoms with van der Waals surface area (Å²) in [6.07, 6.45) is -2.51. The molecule has 5 rings (SSSR count). The average molecular weight is 662 g/mol. The second-order valence-corrected chi connectivity index (χ2v) is 15.4. The van der Waals surface area contributed by atoms with Crippen LogP contribution in [0.3, 0.4) is 0 Å². The van der Waals surface area contributed by atoms with Crippen LogP contribution < -0.4 is 0 Å². The van der Waals surface area contributed by atoms with Gasteiger partial charge in [0.1, 0.15) is 0 Å². The number of morpholine rings is 1. The maximum Gasteiger partial charge on any atom is 0.417 e. The first-order chi connectivity index (χ1) is 20.7. The van der Waals surface area contributed by atoms with Gasteiger partial charge in [-0.1, -0.05) is 6.07 Å². The number of aliphatic hydroxyl groups is 2. The van der Waals surface area contributed by atoms with Gasteiger partial charge in [-0.15, -0.1) is 11.8 Å². The molecule has 1 atom stereocenters. The van der Waals surface area contributed by atoms with Gasteiger partial charge in [-0.2, -0.15) is 22.6 Å². The molecule has 0 spiro atoms. The SMILES string of the molecule is CC1(O)CCN(CCSc2cc(-c3nn(CC(O)CN4CCOCC4)c4c3CN(S(C)(=O)=O)CC4)ccc2C(F)(F)F)CC1. The Balaban J connectivity index is 1.41. The van der Waals surface area contributed by atoms with Crippen LogP contribution in [-0.4, -0.2) is 125 Å². The fourth-order valence-electron chi connectivity index (χ4n) is 6.04. The monoisotopic (exact) mass is 661 g/mol. The van der Waals surface area contributed by atoms with Crippen molar-refractivity contribution in [3.05, 3.63) is 35.0 Å². The zero-order valence-electron chi connectivity index (χ0n) is 25.2. The summed E-state index contributed by atoms with van der Waals surface area (Å²) < 4.78 is 75.5. The first kappa shape index (κ1) is 33.6. The number of fused-ring (bicyclic) bond motifs is 1. The first-order valence-electron chi connectivity index (χ1n) is 15.0. The number of alkyl halides is 3. The van der Waals surface area contributed by atoms with E-state index < -0.39 is 33.5 Å². The van der Waals surface area contributed by atoms with E-state index in [2.05, 4.69) is 9.80 Å². The Morgan fingerprint density at radius 3 is 2.45 bits per heavy atom. The fraction of sp³-hybridized carbons (Fsp3) is 0.690. The number of aromatic nitrogens is 2. The van der Waals surface area contributed by atoms with E-state index in [0.29, 0.717) is 94.3 Å². The summed E-state index contributed by atoms with van der Waals surface area (Å²) in [5.74, 6) is 0.441. The molecule has 15 heteroatoms. The summed E-state index contributed by atoms with van der Waals surface area (Å²) >= 11 is 1.13. The third kappa shape index (κ3) is 8.35. The van der Waals surface area contributed by atoms with E-state index in [9.17, 15) is 31.8 Å². The summed E-state index contributed by atoms with van der Waals surface area (Å²) in [5.41, 5.74) is 0.922. The van der Waals surface area contributed by atoms with E-state index in [-0.39, 0.29) is 24.5 Å². The number of hydrogen-bond acceptors (Lipinski definition) is 9. The molecule has 44 heavy (non-hydrogen) atoms. The molecule has 2 aromatic rings. The molecule has 1 unspecified atom stereocenters. The number of nitrogens with zero attached hydrogens (tertiary/aromatic N) is 5. The lowest BCUT2D eigenvalue weighted by atomic mass is 9.94. The second-order valence-electron chi connectivity index (χ2n) is 12.3. The quantitative estimate of drug-likeness (QED) is 0.371. The highest BCUT2D eigenvalue weighted by Gasteiger charge is 2.35. The van der Waals surface area contributed by atoms with Crippen LogP contribution in [0, 0.1) is 0 Å². The molecule has 2 fully saturated rings. The average Bonchev–Trinajstić information content (AvgIpc) is 3.31. The van der Waals surface area contributed by atoms with Crippen molar-refractivity contribution in [1.29, 1.82) is 0 Å². The number of halogens is 3. The third-order valence-electron chi connectivity index (χ3n) is 8.68. The molecule has 2 N–H and O–H groups in total. The number of aliphatic hydroxyl groups excluding tert-OH is 1. The Kier molecular flexibility index (Phi) is 10.4. The number of sulfonamides is 1. The lowest BCUT2D eigenvalue weighted by molar-refractivity contribution is -0.139. The highest BCUT2D eigenvalue weighted by molar-refractivity contribution is 7.99. The maximum atomic E-state index is 14.1. The summed E-state index contributed by atoms with van der Waals surface area (Å²) in [4.78, 5) is 4.36. The number of piperidine rings is 1. The zero-order chi connectivity index (χ0) is 31.7. The van der Waals surface area contributed by atoms with Gasteiger partial charge in [-0.3, -0.25) is 9.58 Å². The number of hydrogen-bond donors (Lipinski definition) is 2. The minimum atomic E-state index is -4.54. The molecular weight excluding hydrogens is 619 g/mol. The second kappa shape index (κ2) is 13.6. The zero-order valence-corrected chi connectivity index (χ0v) is 26.9. The molecule has 2 saturated heterocycles. The summed E-state index contributed by atoms with van der Waals surface area (Å²) in [5, 5.41) is 25.9. The van der Waals surface area contributed by atoms with E-state index in [1.807, 2.05) is 0 Å². The lowest BCUT2D eigenvalue weighted by Gasteiger charge is -2.35. The van der Waals surface area contributed by atoms with Crippen molar-refractivity contribution in [1.82, 2.24) is 23.9 Å². The van der Waals surface area contributed by atoms with Gasteiger partial charge in [0, 0.05) is 86.2 Å². The number of thioether (sulfide) groups is 1. The molecule has 1 aromatic carbocycles. The van der Waals surface area contributed by atoms with Crippen LogP contribution in [0.1, 0.15) is 36.6 Å². The van der Waals surface area contributed by atoms with Gasteiger partial charge in [0.2, 0.25) is 10.0 Å². The molecule has 0 amide bonds. The highest BCUT2D eigenvalue weighted by Crippen LogP contribution is 2.40. The van der Waals surface area contributed by atoms with Crippen molar-refractivity contribution in [3.8, 4) is 11.3 Å². The molecule has 3 aliphatic rings. The van der Waals surface area contributed by atoms with Gasteiger partial charge in [0.25, 0.3) is 0 Å². The molecule has 246 valence electrons. The Morgan fingerprint density at radius 2 is 1.80 bits per heavy atom. The topological polar surface area (TPSA) is 111 Å². The maximum absolute atomic E-state index is 14.1. The third-order valence-corrected chi connectivity index (χ3v) is 11.0. The van der Waals surface area contributed by atoms with Crippen LogP contribution >= 0.6 is 11.8 Å². The first-order valence-corrected chi connectivity index (χ1v) is 17.8. The highest BCUT2D eigenvalue weighted by atomic mass is 32.2. The van der Waals surface area contributed by atoms with Crippen molar-refractivity contribution >= 4 is 21.8 Å². The number of likely N-dealkylation sites (tertiary alicyclic amines) is 1. The predicted molar refractivity (Wildman–Crippen MR) is 162 cm³/mol. The number of rotatable bonds is 10. The van der Waals surface area contributed by atoms with E-state index in [4.69, 9.17) is 9.84 Å². The molecule has 0 saturated carbocycles. The van der Waals surface area contributed by atoms with Crippen LogP contribution in [0.15, 0.2) is 23.1 Å². The summed E-state index contributed by atoms with van der Waals surface area (Å²) in [7, 11) is -3.51. The number of ether oxygens (including phenoxy) is 1. The molecular formula is C29H42F3N5O5S2. The van der Waals surface area contributed by atoms with Crippen molar-refractivity contribution in [2.75, 3.05) is 71.0 Å². The molecule has 0 bridgehead atoms. The Morgan fingerprint density at radius 1 is 1.09 bits per heavy atom. The van der Waals surface area contributed by atoms with Gasteiger partial charge in [0.05, 0.1) is 49.0 Å². The Hall–Kier alpha value is -1.72. The van der Waals surface area contributed by atoms with Crippen LogP contribution in [0.2, 0.25) is 0 Å². The molecule has 0 aliphatic carbocycles. The smallest absolute Gasteiger partial charge is 0.390 e. The molecule has 1 aromatic heterocycles. The van der Waals surface area contributed by atoms with Gasteiger partial charge in [0.15, 0.2) is 0 Å². The van der Waals surface area contributed by atoms with Gasteiger partial charge < -0.3 is 19.8 Å². The van der Waals surface area contributed by atoms with Gasteiger partial charge in [-0.05, 0) is 31.9 Å². The van der Waals surface area contributed by atoms with Crippen LogP contribution in [0.25, 0.3) is 11.3 Å². The number of benzene rings is 1. The van der Waals surface area contributed by atoms with Crippen molar-refractivity contribution in [2.24, 2.45) is 0 Å². The minimum absolute atomic E-state index is 0.0608. The minimum Gasteiger partial charge on any atom is -0.390 e. The summed E-state index contributed by atoms with van der Waals surface area (Å²) in [6, 6.07) is 3.98. The van der Waals surface area contributed by atoms with E-state index in [1.165, 1.54) is 16.4 Å². The van der Waals surface area contributed by atoms with E-state index >= 15 is 0 Å². The van der Waals surface area contributed by atoms with Crippen molar-refractivity contribution in [2.45, 2.75) is 62.1 Å². The predicted octanol–water partition coefficient (Wildman–Crippen LogP) is 2.52. The molecule has 10 nitrogen and oxygen atoms in total. The molecule has 4 heterocycles. The van der Waals surface area contributed by atoms with Crippen molar-refractivity contribution < 1.29 is 36.5 Å². The number of β-amino-alcohol motifs (C(OH)–C–C–N with tert-alkyl or cyclic N) is 1. The molecule has 0 radical (unpaired) electrons. The Bertz CT molecular complexity index is 1400. The fourth-order valence-corrected chi connectivity index (χ4v) is 7.94. The van der Waals surface area contributed by atoms with Crippen LogP contribution in [0.4, 0.5) is 13.2 Å². The van der Waals surface area contributed by atoms with Crippen molar-refractivity contribution in [3.63, 3.8) is 0 Å². The normalized spacial score (nSPS) is 21.3. The van der Waals surface area contributed by atoms with Gasteiger partial charge >= 0.3 is 6.18 Å². The van der Waals surface area contributed by atoms with Gasteiger partial charge in [-0.25, -0.2) is 8.42 Å². The van der Waals surface area contributed by atoms with Crippen LogP contribution in [-0.2, 0) is 40.4 Å². The van der Waals surface area contributed by atoms with E-state index in [1.54, 1.807) is 11.6 Å². The summed E-state index contributed by atoms with van der Waals surface area (Å²) in [6.45, 7) is 7.35. The van der Waals surface area contributed by atoms with E-state index in [0.717, 1.165) is 29.8 Å². The van der Waals surface area contributed by atoms with Crippen LogP contribution in [0.5, 0.6) is 0 Å².